The van der Waals surface area contributed by atoms with Crippen molar-refractivity contribution in [3.8, 4) is 6.07 Å². The van der Waals surface area contributed by atoms with Crippen LogP contribution in [0.4, 0.5) is 0 Å². The Morgan fingerprint density at radius 2 is 2.16 bits per heavy atom. The Morgan fingerprint density at radius 3 is 2.74 bits per heavy atom. The van der Waals surface area contributed by atoms with Crippen LogP contribution in [0, 0.1) is 11.3 Å². The highest BCUT2D eigenvalue weighted by Crippen LogP contribution is 2.31. The van der Waals surface area contributed by atoms with Crippen molar-refractivity contribution in [2.75, 3.05) is 13.2 Å². The number of ether oxygens (including phenoxy) is 1. The van der Waals surface area contributed by atoms with Crippen molar-refractivity contribution in [1.82, 2.24) is 15.0 Å². The molecule has 6 heteroatoms. The second-order valence-electron chi connectivity index (χ2n) is 5.07. The fourth-order valence-corrected chi connectivity index (χ4v) is 2.43. The third kappa shape index (κ3) is 2.94. The number of aliphatic hydroxyl groups excluding tert-OH is 1. The molecule has 104 valence electrons. The second kappa shape index (κ2) is 6.13. The van der Waals surface area contributed by atoms with Crippen LogP contribution in [0.3, 0.4) is 0 Å². The number of aliphatic hydroxyl groups is 1. The molecule has 0 bridgehead atoms. The minimum atomic E-state index is -0.504. The van der Waals surface area contributed by atoms with Gasteiger partial charge in [-0.3, -0.25) is 0 Å². The summed E-state index contributed by atoms with van der Waals surface area (Å²) in [6, 6.07) is 1.99. The molecule has 19 heavy (non-hydrogen) atoms. The zero-order valence-electron chi connectivity index (χ0n) is 11.4. The Labute approximate surface area is 113 Å². The summed E-state index contributed by atoms with van der Waals surface area (Å²) in [6.45, 7) is 5.11. The molecule has 1 saturated heterocycles. The average Bonchev–Trinajstić information content (AvgIpc) is 2.83. The minimum absolute atomic E-state index is 0.141. The number of hydrogen-bond donors (Lipinski definition) is 1. The maximum Gasteiger partial charge on any atom is 0.100 e. The zero-order valence-corrected chi connectivity index (χ0v) is 11.4. The Balaban J connectivity index is 2.35. The Hall–Kier alpha value is -1.45. The third-order valence-corrected chi connectivity index (χ3v) is 3.74. The highest BCUT2D eigenvalue weighted by molar-refractivity contribution is 5.20. The highest BCUT2D eigenvalue weighted by Gasteiger charge is 2.27. The number of nitriles is 1. The summed E-state index contributed by atoms with van der Waals surface area (Å²) in [5.74, 6) is 0.313. The van der Waals surface area contributed by atoms with E-state index in [-0.39, 0.29) is 12.5 Å². The molecule has 1 aromatic rings. The lowest BCUT2D eigenvalue weighted by Gasteiger charge is -2.26. The maximum atomic E-state index is 9.76. The summed E-state index contributed by atoms with van der Waals surface area (Å²) in [4.78, 5) is 0. The van der Waals surface area contributed by atoms with Crippen molar-refractivity contribution >= 4 is 0 Å². The van der Waals surface area contributed by atoms with E-state index >= 15 is 0 Å². The third-order valence-electron chi connectivity index (χ3n) is 3.74. The number of nitrogens with zero attached hydrogens (tertiary/aromatic N) is 4. The van der Waals surface area contributed by atoms with E-state index in [0.29, 0.717) is 5.92 Å². The summed E-state index contributed by atoms with van der Waals surface area (Å²) in [7, 11) is 0. The number of aromatic nitrogens is 3. The van der Waals surface area contributed by atoms with Gasteiger partial charge < -0.3 is 9.84 Å². The molecule has 0 spiro atoms. The van der Waals surface area contributed by atoms with Gasteiger partial charge in [-0.15, -0.1) is 5.10 Å². The van der Waals surface area contributed by atoms with Gasteiger partial charge in [0.2, 0.25) is 0 Å². The SMILES string of the molecule is CC(O)C(C)n1nnc(CC#N)c1C1CCOCC1. The average molecular weight is 264 g/mol. The highest BCUT2D eigenvalue weighted by atomic mass is 16.5. The molecule has 2 atom stereocenters. The lowest BCUT2D eigenvalue weighted by molar-refractivity contribution is 0.0803. The van der Waals surface area contributed by atoms with Crippen LogP contribution in [0.25, 0.3) is 0 Å². The van der Waals surface area contributed by atoms with Gasteiger partial charge in [0.1, 0.15) is 5.69 Å². The Morgan fingerprint density at radius 1 is 1.47 bits per heavy atom. The van der Waals surface area contributed by atoms with Gasteiger partial charge >= 0.3 is 0 Å². The van der Waals surface area contributed by atoms with Crippen molar-refractivity contribution in [2.45, 2.75) is 51.2 Å². The van der Waals surface area contributed by atoms with E-state index in [2.05, 4.69) is 16.4 Å². The lowest BCUT2D eigenvalue weighted by Crippen LogP contribution is -2.25. The van der Waals surface area contributed by atoms with Crippen LogP contribution in [-0.2, 0) is 11.2 Å². The van der Waals surface area contributed by atoms with Crippen LogP contribution < -0.4 is 0 Å². The van der Waals surface area contributed by atoms with Gasteiger partial charge in [-0.2, -0.15) is 5.26 Å². The first-order valence-electron chi connectivity index (χ1n) is 6.71. The Bertz CT molecular complexity index is 458. The first kappa shape index (κ1) is 14.0. The molecule has 1 aliphatic heterocycles. The van der Waals surface area contributed by atoms with Crippen molar-refractivity contribution in [3.05, 3.63) is 11.4 Å². The fourth-order valence-electron chi connectivity index (χ4n) is 2.43. The predicted octanol–water partition coefficient (Wildman–Crippen LogP) is 1.18. The molecule has 0 saturated carbocycles. The van der Waals surface area contributed by atoms with Gasteiger partial charge in [0.05, 0.1) is 30.3 Å². The van der Waals surface area contributed by atoms with E-state index in [1.54, 1.807) is 11.6 Å². The van der Waals surface area contributed by atoms with E-state index in [9.17, 15) is 5.11 Å². The minimum Gasteiger partial charge on any atom is -0.391 e. The largest absolute Gasteiger partial charge is 0.391 e. The quantitative estimate of drug-likeness (QED) is 0.882. The first-order valence-corrected chi connectivity index (χ1v) is 6.71. The molecule has 0 aliphatic carbocycles. The van der Waals surface area contributed by atoms with Crippen LogP contribution in [-0.4, -0.2) is 39.4 Å². The summed E-state index contributed by atoms with van der Waals surface area (Å²) in [6.07, 6.45) is 1.59. The maximum absolute atomic E-state index is 9.76. The molecule has 1 aliphatic rings. The standard InChI is InChI=1S/C13H20N4O2/c1-9(10(2)18)17-13(11-4-7-19-8-5-11)12(3-6-14)15-16-17/h9-11,18H,3-5,7-8H2,1-2H3. The predicted molar refractivity (Wildman–Crippen MR) is 68.5 cm³/mol. The second-order valence-corrected chi connectivity index (χ2v) is 5.07. The van der Waals surface area contributed by atoms with Gasteiger partial charge in [-0.1, -0.05) is 5.21 Å². The molecule has 2 rings (SSSR count). The number of rotatable bonds is 4. The van der Waals surface area contributed by atoms with E-state index in [1.807, 2.05) is 6.92 Å². The molecular formula is C13H20N4O2. The first-order chi connectivity index (χ1) is 9.15. The van der Waals surface area contributed by atoms with Crippen LogP contribution in [0.5, 0.6) is 0 Å². The topological polar surface area (TPSA) is 84.0 Å². The molecule has 1 N–H and O–H groups in total. The van der Waals surface area contributed by atoms with Crippen molar-refractivity contribution in [2.24, 2.45) is 0 Å². The van der Waals surface area contributed by atoms with Crippen molar-refractivity contribution in [3.63, 3.8) is 0 Å². The van der Waals surface area contributed by atoms with E-state index < -0.39 is 6.10 Å². The molecule has 1 aromatic heterocycles. The summed E-state index contributed by atoms with van der Waals surface area (Å²) in [5, 5.41) is 26.9. The van der Waals surface area contributed by atoms with Gasteiger partial charge in [-0.25, -0.2) is 4.68 Å². The monoisotopic (exact) mass is 264 g/mol. The van der Waals surface area contributed by atoms with E-state index in [1.165, 1.54) is 0 Å². The molecule has 6 nitrogen and oxygen atoms in total. The van der Waals surface area contributed by atoms with Crippen LogP contribution in [0.1, 0.15) is 50.0 Å². The zero-order chi connectivity index (χ0) is 13.8. The molecular weight excluding hydrogens is 244 g/mol. The Kier molecular flexibility index (Phi) is 4.51. The molecule has 1 fully saturated rings. The van der Waals surface area contributed by atoms with E-state index in [4.69, 9.17) is 10.00 Å². The van der Waals surface area contributed by atoms with Crippen LogP contribution in [0.2, 0.25) is 0 Å². The van der Waals surface area contributed by atoms with E-state index in [0.717, 1.165) is 37.4 Å². The molecule has 2 unspecified atom stereocenters. The summed E-state index contributed by atoms with van der Waals surface area (Å²) in [5.41, 5.74) is 1.74. The normalized spacial score (nSPS) is 19.9. The van der Waals surface area contributed by atoms with Gasteiger partial charge in [0, 0.05) is 19.1 Å². The van der Waals surface area contributed by atoms with Gasteiger partial charge in [-0.05, 0) is 26.7 Å². The van der Waals surface area contributed by atoms with Gasteiger partial charge in [0.25, 0.3) is 0 Å². The number of hydrogen-bond acceptors (Lipinski definition) is 5. The summed E-state index contributed by atoms with van der Waals surface area (Å²) < 4.78 is 7.17. The fraction of sp³-hybridized carbons (Fsp3) is 0.769. The van der Waals surface area contributed by atoms with Gasteiger partial charge in [0.15, 0.2) is 0 Å². The van der Waals surface area contributed by atoms with Crippen LogP contribution >= 0.6 is 0 Å². The molecule has 0 aromatic carbocycles. The van der Waals surface area contributed by atoms with Crippen molar-refractivity contribution in [1.29, 1.82) is 5.26 Å². The lowest BCUT2D eigenvalue weighted by atomic mass is 9.93. The molecule has 0 radical (unpaired) electrons. The summed E-state index contributed by atoms with van der Waals surface area (Å²) >= 11 is 0. The van der Waals surface area contributed by atoms with Crippen LogP contribution in [0.15, 0.2) is 0 Å². The smallest absolute Gasteiger partial charge is 0.100 e. The molecule has 0 amide bonds. The molecule has 2 heterocycles. The van der Waals surface area contributed by atoms with Crippen molar-refractivity contribution < 1.29 is 9.84 Å².